The Morgan fingerprint density at radius 1 is 1.03 bits per heavy atom. The van der Waals surface area contributed by atoms with Crippen molar-refractivity contribution in [1.82, 2.24) is 14.7 Å². The number of amides is 2. The average molecular weight is 414 g/mol. The van der Waals surface area contributed by atoms with Gasteiger partial charge in [-0.2, -0.15) is 0 Å². The number of para-hydroxylation sites is 1. The van der Waals surface area contributed by atoms with Crippen molar-refractivity contribution in [1.29, 1.82) is 0 Å². The van der Waals surface area contributed by atoms with Crippen molar-refractivity contribution in [3.05, 3.63) is 95.4 Å². The Morgan fingerprint density at radius 3 is 2.68 bits per heavy atom. The number of carbonyl (C=O) groups is 2. The number of nitrogens with zero attached hydrogens (tertiary/aromatic N) is 2. The first-order chi connectivity index (χ1) is 15.0. The number of nitrogens with one attached hydrogen (secondary N) is 2. The van der Waals surface area contributed by atoms with Crippen LogP contribution in [0.2, 0.25) is 0 Å². The number of rotatable bonds is 6. The van der Waals surface area contributed by atoms with Gasteiger partial charge in [-0.1, -0.05) is 24.3 Å². The summed E-state index contributed by atoms with van der Waals surface area (Å²) in [5.41, 5.74) is 4.11. The predicted molar refractivity (Wildman–Crippen MR) is 118 cm³/mol. The summed E-state index contributed by atoms with van der Waals surface area (Å²) >= 11 is 0. The van der Waals surface area contributed by atoms with Crippen LogP contribution in [0.25, 0.3) is 5.65 Å². The van der Waals surface area contributed by atoms with Gasteiger partial charge in [0.15, 0.2) is 0 Å². The van der Waals surface area contributed by atoms with Crippen molar-refractivity contribution in [2.75, 3.05) is 12.4 Å². The van der Waals surface area contributed by atoms with E-state index in [2.05, 4.69) is 15.6 Å². The molecule has 7 nitrogen and oxygen atoms in total. The molecule has 0 aliphatic carbocycles. The van der Waals surface area contributed by atoms with Crippen LogP contribution in [0.3, 0.4) is 0 Å². The Hall–Kier alpha value is -4.13. The van der Waals surface area contributed by atoms with E-state index in [4.69, 9.17) is 4.74 Å². The lowest BCUT2D eigenvalue weighted by molar-refractivity contribution is 0.0961. The van der Waals surface area contributed by atoms with E-state index in [-0.39, 0.29) is 18.4 Å². The number of aryl methyl sites for hydroxylation is 1. The second-order valence-corrected chi connectivity index (χ2v) is 7.05. The minimum absolute atomic E-state index is 0.220. The molecule has 0 fully saturated rings. The van der Waals surface area contributed by atoms with E-state index < -0.39 is 0 Å². The van der Waals surface area contributed by atoms with Crippen molar-refractivity contribution in [3.63, 3.8) is 0 Å². The van der Waals surface area contributed by atoms with Crippen LogP contribution in [0, 0.1) is 6.92 Å². The van der Waals surface area contributed by atoms with Gasteiger partial charge < -0.3 is 19.8 Å². The standard InChI is InChI=1S/C24H22N4O3/c1-16-7-6-12-28-14-19(26-22(16)28)15-31-21-11-4-3-10-20(21)24(30)27-18-9-5-8-17(13-18)23(29)25-2/h3-14H,15H2,1-2H3,(H,25,29)(H,27,30). The molecular formula is C24H22N4O3. The maximum Gasteiger partial charge on any atom is 0.259 e. The summed E-state index contributed by atoms with van der Waals surface area (Å²) in [6, 6.07) is 17.8. The molecule has 2 N–H and O–H groups in total. The Bertz CT molecular complexity index is 1260. The summed E-state index contributed by atoms with van der Waals surface area (Å²) in [4.78, 5) is 29.3. The topological polar surface area (TPSA) is 84.7 Å². The Morgan fingerprint density at radius 2 is 1.87 bits per heavy atom. The van der Waals surface area contributed by atoms with Gasteiger partial charge in [-0.05, 0) is 48.9 Å². The summed E-state index contributed by atoms with van der Waals surface area (Å²) in [6.45, 7) is 2.24. The Kier molecular flexibility index (Phi) is 5.66. The van der Waals surface area contributed by atoms with Crippen LogP contribution in [0.1, 0.15) is 32.0 Å². The molecule has 0 atom stereocenters. The molecule has 2 aromatic heterocycles. The highest BCUT2D eigenvalue weighted by atomic mass is 16.5. The molecule has 0 bridgehead atoms. The van der Waals surface area contributed by atoms with Crippen LogP contribution in [0.4, 0.5) is 5.69 Å². The smallest absolute Gasteiger partial charge is 0.259 e. The zero-order valence-electron chi connectivity index (χ0n) is 17.3. The van der Waals surface area contributed by atoms with Crippen molar-refractivity contribution >= 4 is 23.1 Å². The van der Waals surface area contributed by atoms with Crippen molar-refractivity contribution in [2.24, 2.45) is 0 Å². The number of hydrogen-bond donors (Lipinski definition) is 2. The van der Waals surface area contributed by atoms with Gasteiger partial charge in [-0.3, -0.25) is 9.59 Å². The van der Waals surface area contributed by atoms with Crippen LogP contribution < -0.4 is 15.4 Å². The van der Waals surface area contributed by atoms with Crippen molar-refractivity contribution in [2.45, 2.75) is 13.5 Å². The number of fused-ring (bicyclic) bond motifs is 1. The van der Waals surface area contributed by atoms with Gasteiger partial charge in [-0.15, -0.1) is 0 Å². The van der Waals surface area contributed by atoms with E-state index in [1.807, 2.05) is 41.9 Å². The van der Waals surface area contributed by atoms with Crippen LogP contribution in [0.15, 0.2) is 73.1 Å². The van der Waals surface area contributed by atoms with Gasteiger partial charge >= 0.3 is 0 Å². The number of anilines is 1. The van der Waals surface area contributed by atoms with Crippen LogP contribution >= 0.6 is 0 Å². The lowest BCUT2D eigenvalue weighted by Gasteiger charge is -2.11. The van der Waals surface area contributed by atoms with Gasteiger partial charge in [0, 0.05) is 30.7 Å². The molecule has 0 saturated carbocycles. The summed E-state index contributed by atoms with van der Waals surface area (Å²) in [5.74, 6) is -0.0886. The molecule has 7 heteroatoms. The first-order valence-electron chi connectivity index (χ1n) is 9.83. The number of hydrogen-bond acceptors (Lipinski definition) is 4. The summed E-state index contributed by atoms with van der Waals surface area (Å²) in [7, 11) is 1.56. The number of imidazole rings is 1. The van der Waals surface area contributed by atoms with E-state index >= 15 is 0 Å². The highest BCUT2D eigenvalue weighted by Gasteiger charge is 2.14. The molecule has 0 aliphatic heterocycles. The van der Waals surface area contributed by atoms with Gasteiger partial charge in [-0.25, -0.2) is 4.98 Å². The minimum Gasteiger partial charge on any atom is -0.486 e. The molecule has 4 rings (SSSR count). The molecule has 0 aliphatic rings. The highest BCUT2D eigenvalue weighted by molar-refractivity contribution is 6.06. The number of pyridine rings is 1. The quantitative estimate of drug-likeness (QED) is 0.502. The van der Waals surface area contributed by atoms with Crippen LogP contribution in [0.5, 0.6) is 5.75 Å². The van der Waals surface area contributed by atoms with Gasteiger partial charge in [0.1, 0.15) is 18.0 Å². The molecule has 0 saturated heterocycles. The number of carbonyl (C=O) groups excluding carboxylic acids is 2. The van der Waals surface area contributed by atoms with Crippen molar-refractivity contribution in [3.8, 4) is 5.75 Å². The third-order valence-corrected chi connectivity index (χ3v) is 4.84. The van der Waals surface area contributed by atoms with E-state index in [0.29, 0.717) is 22.6 Å². The number of aromatic nitrogens is 2. The van der Waals surface area contributed by atoms with E-state index in [1.54, 1.807) is 49.5 Å². The minimum atomic E-state index is -0.324. The first-order valence-corrected chi connectivity index (χ1v) is 9.83. The molecule has 2 amide bonds. The average Bonchev–Trinajstić information content (AvgIpc) is 3.22. The normalized spacial score (nSPS) is 10.6. The number of ether oxygens (including phenoxy) is 1. The molecule has 156 valence electrons. The maximum atomic E-state index is 12.9. The second kappa shape index (κ2) is 8.71. The Labute approximate surface area is 179 Å². The van der Waals surface area contributed by atoms with Crippen LogP contribution in [-0.4, -0.2) is 28.2 Å². The van der Waals surface area contributed by atoms with Gasteiger partial charge in [0.05, 0.1) is 11.3 Å². The monoisotopic (exact) mass is 414 g/mol. The fourth-order valence-electron chi connectivity index (χ4n) is 3.29. The van der Waals surface area contributed by atoms with E-state index in [0.717, 1.165) is 16.9 Å². The summed E-state index contributed by atoms with van der Waals surface area (Å²) < 4.78 is 7.88. The van der Waals surface area contributed by atoms with Gasteiger partial charge in [0.25, 0.3) is 11.8 Å². The zero-order valence-corrected chi connectivity index (χ0v) is 17.3. The fraction of sp³-hybridized carbons (Fsp3) is 0.125. The zero-order chi connectivity index (χ0) is 21.8. The first kappa shape index (κ1) is 20.2. The second-order valence-electron chi connectivity index (χ2n) is 7.05. The predicted octanol–water partition coefficient (Wildman–Crippen LogP) is 3.83. The van der Waals surface area contributed by atoms with Crippen LogP contribution in [-0.2, 0) is 6.61 Å². The van der Waals surface area contributed by atoms with Crippen molar-refractivity contribution < 1.29 is 14.3 Å². The lowest BCUT2D eigenvalue weighted by Crippen LogP contribution is -2.18. The molecular weight excluding hydrogens is 392 g/mol. The molecule has 31 heavy (non-hydrogen) atoms. The number of benzene rings is 2. The highest BCUT2D eigenvalue weighted by Crippen LogP contribution is 2.22. The molecule has 0 unspecified atom stereocenters. The maximum absolute atomic E-state index is 12.9. The molecule has 2 aromatic carbocycles. The Balaban J connectivity index is 1.50. The molecule has 2 heterocycles. The largest absolute Gasteiger partial charge is 0.486 e. The van der Waals surface area contributed by atoms with Gasteiger partial charge in [0.2, 0.25) is 0 Å². The lowest BCUT2D eigenvalue weighted by atomic mass is 10.1. The third-order valence-electron chi connectivity index (χ3n) is 4.84. The third kappa shape index (κ3) is 4.40. The van der Waals surface area contributed by atoms with E-state index in [1.165, 1.54) is 0 Å². The summed E-state index contributed by atoms with van der Waals surface area (Å²) in [6.07, 6.45) is 3.85. The molecule has 4 aromatic rings. The molecule has 0 spiro atoms. The summed E-state index contributed by atoms with van der Waals surface area (Å²) in [5, 5.41) is 5.40. The fourth-order valence-corrected chi connectivity index (χ4v) is 3.29. The van der Waals surface area contributed by atoms with E-state index in [9.17, 15) is 9.59 Å². The SMILES string of the molecule is CNC(=O)c1cccc(NC(=O)c2ccccc2OCc2cn3cccc(C)c3n2)c1. The molecule has 0 radical (unpaired) electrons.